The molecule has 0 aromatic carbocycles. The second-order valence-electron chi connectivity index (χ2n) is 5.49. The summed E-state index contributed by atoms with van der Waals surface area (Å²) in [7, 11) is 1.74. The lowest BCUT2D eigenvalue weighted by Gasteiger charge is -2.38. The molecule has 8 heteroatoms. The van der Waals surface area contributed by atoms with E-state index in [0.717, 1.165) is 36.4 Å². The Morgan fingerprint density at radius 1 is 1.52 bits per heavy atom. The Bertz CT molecular complexity index is 589. The van der Waals surface area contributed by atoms with Crippen LogP contribution in [0.1, 0.15) is 32.1 Å². The van der Waals surface area contributed by atoms with Crippen molar-refractivity contribution in [3.05, 3.63) is 12.7 Å². The number of anilines is 1. The van der Waals surface area contributed by atoms with E-state index in [-0.39, 0.29) is 11.7 Å². The van der Waals surface area contributed by atoms with Gasteiger partial charge in [0.15, 0.2) is 4.34 Å². The molecule has 0 saturated heterocycles. The van der Waals surface area contributed by atoms with Gasteiger partial charge in [0.05, 0.1) is 11.8 Å². The maximum Gasteiger partial charge on any atom is 0.234 e. The minimum Gasteiger partial charge on any atom is -0.357 e. The SMILES string of the molecule is C=CCNc1nnc(SCC(=O)N(C)C2(C#N)CCCCC2)s1. The van der Waals surface area contributed by atoms with Gasteiger partial charge in [0.2, 0.25) is 11.0 Å². The van der Waals surface area contributed by atoms with E-state index < -0.39 is 5.54 Å². The second-order valence-corrected chi connectivity index (χ2v) is 7.69. The highest BCUT2D eigenvalue weighted by Crippen LogP contribution is 2.33. The first-order valence-corrected chi connectivity index (χ1v) is 9.40. The lowest BCUT2D eigenvalue weighted by atomic mass is 9.81. The van der Waals surface area contributed by atoms with Gasteiger partial charge in [-0.25, -0.2) is 0 Å². The third kappa shape index (κ3) is 4.45. The van der Waals surface area contributed by atoms with Crippen molar-refractivity contribution in [3.8, 4) is 6.07 Å². The number of carbonyl (C=O) groups excluding carboxylic acids is 1. The minimum absolute atomic E-state index is 0.0331. The van der Waals surface area contributed by atoms with Gasteiger partial charge in [-0.05, 0) is 12.8 Å². The van der Waals surface area contributed by atoms with Crippen LogP contribution < -0.4 is 5.32 Å². The van der Waals surface area contributed by atoms with E-state index in [1.54, 1.807) is 18.0 Å². The monoisotopic (exact) mass is 351 g/mol. The Morgan fingerprint density at radius 2 is 2.26 bits per heavy atom. The van der Waals surface area contributed by atoms with Gasteiger partial charge in [-0.3, -0.25) is 4.79 Å². The van der Waals surface area contributed by atoms with E-state index in [0.29, 0.717) is 11.7 Å². The number of nitrogens with one attached hydrogen (secondary N) is 1. The maximum absolute atomic E-state index is 12.4. The van der Waals surface area contributed by atoms with E-state index >= 15 is 0 Å². The van der Waals surface area contributed by atoms with Crippen LogP contribution in [-0.4, -0.2) is 45.9 Å². The molecule has 0 bridgehead atoms. The van der Waals surface area contributed by atoms with E-state index in [1.165, 1.54) is 23.1 Å². The van der Waals surface area contributed by atoms with Crippen molar-refractivity contribution in [2.24, 2.45) is 0 Å². The van der Waals surface area contributed by atoms with Crippen LogP contribution in [0.15, 0.2) is 17.0 Å². The molecule has 1 heterocycles. The molecular formula is C15H21N5OS2. The number of carbonyl (C=O) groups is 1. The molecule has 23 heavy (non-hydrogen) atoms. The number of thioether (sulfide) groups is 1. The molecule has 0 atom stereocenters. The molecule has 1 aromatic rings. The van der Waals surface area contributed by atoms with Crippen molar-refractivity contribution >= 4 is 34.1 Å². The quantitative estimate of drug-likeness (QED) is 0.601. The number of hydrogen-bond donors (Lipinski definition) is 1. The van der Waals surface area contributed by atoms with Crippen LogP contribution in [0.25, 0.3) is 0 Å². The van der Waals surface area contributed by atoms with Crippen LogP contribution in [0.5, 0.6) is 0 Å². The van der Waals surface area contributed by atoms with Crippen LogP contribution in [-0.2, 0) is 4.79 Å². The van der Waals surface area contributed by atoms with Gasteiger partial charge in [-0.1, -0.05) is 48.4 Å². The van der Waals surface area contributed by atoms with Crippen molar-refractivity contribution in [3.63, 3.8) is 0 Å². The molecule has 1 fully saturated rings. The molecule has 0 radical (unpaired) electrons. The van der Waals surface area contributed by atoms with E-state index in [9.17, 15) is 10.1 Å². The van der Waals surface area contributed by atoms with Crippen molar-refractivity contribution < 1.29 is 4.79 Å². The highest BCUT2D eigenvalue weighted by Gasteiger charge is 2.38. The normalized spacial score (nSPS) is 16.3. The molecule has 1 N–H and O–H groups in total. The zero-order chi connectivity index (χ0) is 16.7. The summed E-state index contributed by atoms with van der Waals surface area (Å²) in [6.45, 7) is 4.26. The fourth-order valence-corrected chi connectivity index (χ4v) is 4.29. The van der Waals surface area contributed by atoms with Crippen molar-refractivity contribution in [1.82, 2.24) is 15.1 Å². The van der Waals surface area contributed by atoms with Crippen molar-refractivity contribution in [2.75, 3.05) is 24.7 Å². The highest BCUT2D eigenvalue weighted by molar-refractivity contribution is 8.01. The highest BCUT2D eigenvalue weighted by atomic mass is 32.2. The lowest BCUT2D eigenvalue weighted by Crippen LogP contribution is -2.50. The predicted molar refractivity (Wildman–Crippen MR) is 93.5 cm³/mol. The van der Waals surface area contributed by atoms with Crippen LogP contribution >= 0.6 is 23.1 Å². The summed E-state index contributed by atoms with van der Waals surface area (Å²) in [5.74, 6) is 0.241. The Kier molecular flexibility index (Phi) is 6.42. The molecule has 0 aliphatic heterocycles. The Hall–Kier alpha value is -1.59. The summed E-state index contributed by atoms with van der Waals surface area (Å²) in [5.41, 5.74) is -0.631. The Labute approximate surface area is 145 Å². The third-order valence-corrected chi connectivity index (χ3v) is 6.03. The molecule has 1 aromatic heterocycles. The van der Waals surface area contributed by atoms with Crippen molar-refractivity contribution in [1.29, 1.82) is 5.26 Å². The summed E-state index contributed by atoms with van der Waals surface area (Å²) in [6, 6.07) is 2.37. The smallest absolute Gasteiger partial charge is 0.234 e. The zero-order valence-corrected chi connectivity index (χ0v) is 14.9. The van der Waals surface area contributed by atoms with Gasteiger partial charge >= 0.3 is 0 Å². The van der Waals surface area contributed by atoms with Crippen molar-refractivity contribution in [2.45, 2.75) is 42.0 Å². The fourth-order valence-electron chi connectivity index (χ4n) is 2.62. The summed E-state index contributed by atoms with van der Waals surface area (Å²) >= 11 is 2.78. The standard InChI is InChI=1S/C15H21N5OS2/c1-3-9-17-13-18-19-14(23-13)22-10-12(21)20(2)15(11-16)7-5-4-6-8-15/h3H,1,4-10H2,2H3,(H,17,18). The molecule has 2 rings (SSSR count). The number of hydrogen-bond acceptors (Lipinski definition) is 7. The van der Waals surface area contributed by atoms with Gasteiger partial charge in [-0.2, -0.15) is 5.26 Å². The molecule has 1 aliphatic carbocycles. The first-order valence-electron chi connectivity index (χ1n) is 7.60. The molecule has 0 spiro atoms. The van der Waals surface area contributed by atoms with E-state index in [2.05, 4.69) is 28.2 Å². The molecular weight excluding hydrogens is 330 g/mol. The second kappa shape index (κ2) is 8.31. The summed E-state index contributed by atoms with van der Waals surface area (Å²) in [5, 5.41) is 21.4. The summed E-state index contributed by atoms with van der Waals surface area (Å²) in [6.07, 6.45) is 6.44. The largest absolute Gasteiger partial charge is 0.357 e. The summed E-state index contributed by atoms with van der Waals surface area (Å²) < 4.78 is 0.743. The topological polar surface area (TPSA) is 81.9 Å². The molecule has 124 valence electrons. The van der Waals surface area contributed by atoms with E-state index in [1.807, 2.05) is 0 Å². The first-order chi connectivity index (χ1) is 11.1. The minimum atomic E-state index is -0.631. The number of nitrogens with zero attached hydrogens (tertiary/aromatic N) is 4. The zero-order valence-electron chi connectivity index (χ0n) is 13.2. The maximum atomic E-state index is 12.4. The van der Waals surface area contributed by atoms with Crippen LogP contribution in [0, 0.1) is 11.3 Å². The van der Waals surface area contributed by atoms with Gasteiger partial charge in [0.1, 0.15) is 5.54 Å². The lowest BCUT2D eigenvalue weighted by molar-refractivity contribution is -0.131. The van der Waals surface area contributed by atoms with Gasteiger partial charge < -0.3 is 10.2 Å². The number of nitriles is 1. The average molecular weight is 352 g/mol. The van der Waals surface area contributed by atoms with E-state index in [4.69, 9.17) is 0 Å². The average Bonchev–Trinajstić information content (AvgIpc) is 3.05. The van der Waals surface area contributed by atoms with Crippen LogP contribution in [0.4, 0.5) is 5.13 Å². The number of aromatic nitrogens is 2. The molecule has 1 amide bonds. The molecule has 6 nitrogen and oxygen atoms in total. The molecule has 1 saturated carbocycles. The van der Waals surface area contributed by atoms with Crippen LogP contribution in [0.2, 0.25) is 0 Å². The summed E-state index contributed by atoms with van der Waals surface area (Å²) in [4.78, 5) is 14.1. The number of rotatable bonds is 7. The number of amides is 1. The van der Waals surface area contributed by atoms with Gasteiger partial charge in [-0.15, -0.1) is 16.8 Å². The van der Waals surface area contributed by atoms with Crippen LogP contribution in [0.3, 0.4) is 0 Å². The van der Waals surface area contributed by atoms with Gasteiger partial charge in [0.25, 0.3) is 0 Å². The Morgan fingerprint density at radius 3 is 2.91 bits per heavy atom. The molecule has 1 aliphatic rings. The third-order valence-electron chi connectivity index (χ3n) is 4.03. The first kappa shape index (κ1) is 17.8. The predicted octanol–water partition coefficient (Wildman–Crippen LogP) is 2.91. The fraction of sp³-hybridized carbons (Fsp3) is 0.600. The van der Waals surface area contributed by atoms with Gasteiger partial charge in [0, 0.05) is 13.6 Å². The Balaban J connectivity index is 1.89. The molecule has 0 unspecified atom stereocenters.